The van der Waals surface area contributed by atoms with Gasteiger partial charge in [0, 0.05) is 18.4 Å². The minimum absolute atomic E-state index is 0.176. The summed E-state index contributed by atoms with van der Waals surface area (Å²) in [6.45, 7) is 3.28. The maximum absolute atomic E-state index is 13.1. The predicted molar refractivity (Wildman–Crippen MR) is 86.0 cm³/mol. The van der Waals surface area contributed by atoms with Crippen LogP contribution in [0, 0.1) is 11.8 Å². The molecule has 0 amide bonds. The number of benzene rings is 1. The second-order valence-electron chi connectivity index (χ2n) is 5.97. The molecule has 0 aliphatic heterocycles. The van der Waals surface area contributed by atoms with Gasteiger partial charge in [-0.3, -0.25) is 0 Å². The summed E-state index contributed by atoms with van der Waals surface area (Å²) in [5.74, 6) is -1.09. The Hall–Kier alpha value is -0.920. The molecule has 0 spiro atoms. The quantitative estimate of drug-likeness (QED) is 0.714. The minimum atomic E-state index is -4.39. The van der Waals surface area contributed by atoms with Crippen molar-refractivity contribution in [2.45, 2.75) is 38.9 Å². The fourth-order valence-electron chi connectivity index (χ4n) is 2.30. The van der Waals surface area contributed by atoms with E-state index in [1.165, 1.54) is 0 Å². The predicted octanol–water partition coefficient (Wildman–Crippen LogP) is 3.59. The normalized spacial score (nSPS) is 16.3. The van der Waals surface area contributed by atoms with Crippen LogP contribution in [0.3, 0.4) is 0 Å². The van der Waals surface area contributed by atoms with E-state index in [0.717, 1.165) is 0 Å². The molecule has 0 saturated heterocycles. The first kappa shape index (κ1) is 20.1. The monoisotopic (exact) mass is 351 g/mol. The van der Waals surface area contributed by atoms with Crippen molar-refractivity contribution in [3.63, 3.8) is 0 Å². The van der Waals surface area contributed by atoms with Crippen molar-refractivity contribution in [3.8, 4) is 0 Å². The fraction of sp³-hybridized carbons (Fsp3) is 0.625. The van der Waals surface area contributed by atoms with Gasteiger partial charge in [0.25, 0.3) is 0 Å². The number of aliphatic hydroxyl groups is 1. The highest BCUT2D eigenvalue weighted by atomic mass is 32.2. The topological polar surface area (TPSA) is 49.3 Å². The largest absolute Gasteiger partial charge is 0.396 e. The number of rotatable bonds is 9. The Morgan fingerprint density at radius 3 is 2.30 bits per heavy atom. The van der Waals surface area contributed by atoms with Gasteiger partial charge in [0.05, 0.1) is 16.9 Å². The molecule has 0 radical (unpaired) electrons. The number of aliphatic hydroxyl groups excluding tert-OH is 1. The molecule has 2 N–H and O–H groups in total. The van der Waals surface area contributed by atoms with Gasteiger partial charge in [0.1, 0.15) is 0 Å². The molecule has 0 aromatic heterocycles. The summed E-state index contributed by atoms with van der Waals surface area (Å²) in [6.07, 6.45) is -5.00. The van der Waals surface area contributed by atoms with Gasteiger partial charge in [-0.15, -0.1) is 0 Å². The van der Waals surface area contributed by atoms with E-state index in [9.17, 15) is 17.4 Å². The highest BCUT2D eigenvalue weighted by Gasteiger charge is 2.40. The molecular formula is C16H24F3NO2S. The van der Waals surface area contributed by atoms with Gasteiger partial charge in [0.2, 0.25) is 0 Å². The molecule has 3 nitrogen and oxygen atoms in total. The third kappa shape index (κ3) is 7.46. The van der Waals surface area contributed by atoms with Gasteiger partial charge in [-0.25, -0.2) is 8.93 Å². The van der Waals surface area contributed by atoms with Gasteiger partial charge in [-0.1, -0.05) is 44.2 Å². The van der Waals surface area contributed by atoms with Crippen molar-refractivity contribution >= 4 is 11.0 Å². The lowest BCUT2D eigenvalue weighted by atomic mass is 9.92. The summed E-state index contributed by atoms with van der Waals surface area (Å²) >= 11 is 0. The molecule has 0 bridgehead atoms. The maximum atomic E-state index is 13.1. The number of nitrogens with one attached hydrogen (secondary N) is 1. The van der Waals surface area contributed by atoms with Crippen LogP contribution >= 0.6 is 0 Å². The summed E-state index contributed by atoms with van der Waals surface area (Å²) in [7, 11) is -1.41. The Kier molecular flexibility index (Phi) is 8.22. The van der Waals surface area contributed by atoms with Crippen molar-refractivity contribution in [1.29, 1.82) is 0 Å². The van der Waals surface area contributed by atoms with Crippen molar-refractivity contribution in [2.24, 2.45) is 11.8 Å². The van der Waals surface area contributed by atoms with Gasteiger partial charge in [0.15, 0.2) is 0 Å². The summed E-state index contributed by atoms with van der Waals surface area (Å²) < 4.78 is 54.3. The standard InChI is InChI=1S/C16H24F3NO2S/c1-12(2)11-23(22)20-15(13-6-4-3-5-7-13)10-14(8-9-21)16(17,18)19/h3-7,12,14-15,20-21H,8-11H2,1-2H3/t14-,15+,23-/m0/s1. The minimum Gasteiger partial charge on any atom is -0.396 e. The molecule has 0 aliphatic rings. The molecule has 3 atom stereocenters. The summed E-state index contributed by atoms with van der Waals surface area (Å²) in [6, 6.07) is 8.02. The van der Waals surface area contributed by atoms with E-state index in [2.05, 4.69) is 4.72 Å². The van der Waals surface area contributed by atoms with Crippen LogP contribution < -0.4 is 4.72 Å². The Bertz CT molecular complexity index is 480. The lowest BCUT2D eigenvalue weighted by Crippen LogP contribution is -2.33. The smallest absolute Gasteiger partial charge is 0.391 e. The Morgan fingerprint density at radius 2 is 1.83 bits per heavy atom. The van der Waals surface area contributed by atoms with Crippen molar-refractivity contribution in [3.05, 3.63) is 35.9 Å². The first-order valence-electron chi connectivity index (χ1n) is 7.61. The molecule has 0 aliphatic carbocycles. The van der Waals surface area contributed by atoms with Crippen LogP contribution in [0.1, 0.15) is 38.3 Å². The highest BCUT2D eigenvalue weighted by Crippen LogP contribution is 2.35. The zero-order valence-electron chi connectivity index (χ0n) is 13.3. The third-order valence-corrected chi connectivity index (χ3v) is 4.94. The second kappa shape index (κ2) is 9.39. The Morgan fingerprint density at radius 1 is 1.22 bits per heavy atom. The SMILES string of the molecule is CC(C)C[S@](=O)N[C@H](C[C@H](CCO)C(F)(F)F)c1ccccc1. The van der Waals surface area contributed by atoms with Crippen LogP contribution in [0.4, 0.5) is 13.2 Å². The average molecular weight is 351 g/mol. The van der Waals surface area contributed by atoms with E-state index in [-0.39, 0.29) is 18.8 Å². The van der Waals surface area contributed by atoms with Crippen LogP contribution in [0.15, 0.2) is 30.3 Å². The highest BCUT2D eigenvalue weighted by molar-refractivity contribution is 7.83. The second-order valence-corrected chi connectivity index (χ2v) is 7.23. The molecule has 1 aromatic carbocycles. The number of hydrogen-bond acceptors (Lipinski definition) is 2. The lowest BCUT2D eigenvalue weighted by molar-refractivity contribution is -0.181. The van der Waals surface area contributed by atoms with E-state index in [1.807, 2.05) is 13.8 Å². The molecule has 23 heavy (non-hydrogen) atoms. The van der Waals surface area contributed by atoms with Crippen molar-refractivity contribution in [2.75, 3.05) is 12.4 Å². The van der Waals surface area contributed by atoms with Crippen LogP contribution in [0.2, 0.25) is 0 Å². The first-order valence-corrected chi connectivity index (χ1v) is 8.93. The van der Waals surface area contributed by atoms with E-state index in [1.54, 1.807) is 30.3 Å². The van der Waals surface area contributed by atoms with Crippen molar-refractivity contribution < 1.29 is 22.5 Å². The molecule has 132 valence electrons. The zero-order chi connectivity index (χ0) is 17.5. The first-order chi connectivity index (χ1) is 10.7. The molecule has 0 saturated carbocycles. The van der Waals surface area contributed by atoms with Gasteiger partial charge >= 0.3 is 6.18 Å². The van der Waals surface area contributed by atoms with Gasteiger partial charge in [-0.2, -0.15) is 13.2 Å². The number of hydrogen-bond donors (Lipinski definition) is 2. The van der Waals surface area contributed by atoms with E-state index in [0.29, 0.717) is 11.3 Å². The van der Waals surface area contributed by atoms with Crippen LogP contribution in [0.25, 0.3) is 0 Å². The molecule has 1 aromatic rings. The summed E-state index contributed by atoms with van der Waals surface area (Å²) in [5.41, 5.74) is 0.664. The number of halogens is 3. The Labute approximate surface area is 137 Å². The molecule has 0 unspecified atom stereocenters. The average Bonchev–Trinajstić information content (AvgIpc) is 2.45. The van der Waals surface area contributed by atoms with Crippen LogP contribution in [0.5, 0.6) is 0 Å². The molecule has 0 fully saturated rings. The third-order valence-electron chi connectivity index (χ3n) is 3.42. The van der Waals surface area contributed by atoms with Crippen LogP contribution in [-0.4, -0.2) is 27.9 Å². The van der Waals surface area contributed by atoms with E-state index in [4.69, 9.17) is 5.11 Å². The number of alkyl halides is 3. The van der Waals surface area contributed by atoms with Crippen LogP contribution in [-0.2, 0) is 11.0 Å². The summed E-state index contributed by atoms with van der Waals surface area (Å²) in [4.78, 5) is 0. The maximum Gasteiger partial charge on any atom is 0.391 e. The van der Waals surface area contributed by atoms with E-state index >= 15 is 0 Å². The molecule has 1 rings (SSSR count). The molecule has 7 heteroatoms. The molecular weight excluding hydrogens is 327 g/mol. The van der Waals surface area contributed by atoms with Gasteiger partial charge in [-0.05, 0) is 24.3 Å². The molecule has 0 heterocycles. The zero-order valence-corrected chi connectivity index (χ0v) is 14.2. The summed E-state index contributed by atoms with van der Waals surface area (Å²) in [5, 5.41) is 8.90. The van der Waals surface area contributed by atoms with Gasteiger partial charge < -0.3 is 5.11 Å². The lowest BCUT2D eigenvalue weighted by Gasteiger charge is -2.26. The fourth-order valence-corrected chi connectivity index (χ4v) is 3.55. The van der Waals surface area contributed by atoms with Crippen molar-refractivity contribution in [1.82, 2.24) is 4.72 Å². The van der Waals surface area contributed by atoms with E-state index < -0.39 is 35.7 Å². The Balaban J connectivity index is 2.92.